The molecule has 0 aromatic heterocycles. The zero-order valence-electron chi connectivity index (χ0n) is 12.3. The van der Waals surface area contributed by atoms with Crippen molar-refractivity contribution in [1.29, 1.82) is 0 Å². The number of hydrogen-bond donors (Lipinski definition) is 0. The Kier molecular flexibility index (Phi) is 24.0. The third kappa shape index (κ3) is 10.1. The first-order valence-corrected chi connectivity index (χ1v) is 7.32. The first-order valence-electron chi connectivity index (χ1n) is 7.32. The zero-order valence-corrected chi connectivity index (χ0v) is 12.3. The third-order valence-corrected chi connectivity index (χ3v) is 4.05. The van der Waals surface area contributed by atoms with Crippen LogP contribution in [0.4, 0.5) is 0 Å². The predicted octanol–water partition coefficient (Wildman–Crippen LogP) is 9.50. The van der Waals surface area contributed by atoms with Crippen LogP contribution in [0.25, 0.3) is 0 Å². The summed E-state index contributed by atoms with van der Waals surface area (Å²) in [6.45, 7) is 6.78. The van der Waals surface area contributed by atoms with Crippen LogP contribution in [0.5, 0.6) is 0 Å². The fourth-order valence-corrected chi connectivity index (χ4v) is 2.72. The average Bonchev–Trinajstić information content (AvgIpc) is 2.46. The summed E-state index contributed by atoms with van der Waals surface area (Å²) in [6, 6.07) is 19.9. The molecule has 2 aromatic rings. The van der Waals surface area contributed by atoms with Crippen molar-refractivity contribution in [3.05, 3.63) is 71.3 Å². The Labute approximate surface area is 161 Å². The van der Waals surface area contributed by atoms with E-state index in [9.17, 15) is 0 Å². The summed E-state index contributed by atoms with van der Waals surface area (Å²) < 4.78 is 0. The Morgan fingerprint density at radius 1 is 0.680 bits per heavy atom. The van der Waals surface area contributed by atoms with Crippen molar-refractivity contribution >= 4 is 0 Å². The second-order valence-corrected chi connectivity index (χ2v) is 5.56. The standard InChI is InChI=1S/C19H24.6CH4/c1-4-17(19-12-10-15(2)11-13-19)14-16(3)18-8-6-5-7-9-18;;;;;;/h5-13,16-17H,4,14H2,1-3H3;6*1H4. The summed E-state index contributed by atoms with van der Waals surface area (Å²) in [4.78, 5) is 0. The Bertz CT molecular complexity index is 481. The van der Waals surface area contributed by atoms with Gasteiger partial charge in [0.25, 0.3) is 0 Å². The maximum atomic E-state index is 2.34. The van der Waals surface area contributed by atoms with E-state index in [1.54, 1.807) is 0 Å². The van der Waals surface area contributed by atoms with E-state index in [-0.39, 0.29) is 44.6 Å². The lowest BCUT2D eigenvalue weighted by atomic mass is 9.84. The van der Waals surface area contributed by atoms with Crippen LogP contribution in [0.15, 0.2) is 54.6 Å². The second kappa shape index (κ2) is 17.3. The first kappa shape index (κ1) is 34.7. The maximum Gasteiger partial charge on any atom is -0.0159 e. The van der Waals surface area contributed by atoms with Gasteiger partial charge in [-0.15, -0.1) is 0 Å². The van der Waals surface area contributed by atoms with Crippen molar-refractivity contribution in [2.24, 2.45) is 0 Å². The lowest BCUT2D eigenvalue weighted by Crippen LogP contribution is -2.03. The minimum absolute atomic E-state index is 0. The lowest BCUT2D eigenvalue weighted by Gasteiger charge is -2.20. The smallest absolute Gasteiger partial charge is 0.0159 e. The molecule has 0 saturated heterocycles. The van der Waals surface area contributed by atoms with Crippen LogP contribution in [0.1, 0.15) is 99.8 Å². The van der Waals surface area contributed by atoms with Crippen LogP contribution in [-0.2, 0) is 0 Å². The Hall–Kier alpha value is -1.56. The van der Waals surface area contributed by atoms with Gasteiger partial charge in [-0.1, -0.05) is 119 Å². The highest BCUT2D eigenvalue weighted by molar-refractivity contribution is 5.26. The molecule has 0 fully saturated rings. The summed E-state index contributed by atoms with van der Waals surface area (Å²) in [5.41, 5.74) is 4.28. The van der Waals surface area contributed by atoms with Crippen molar-refractivity contribution in [1.82, 2.24) is 0 Å². The highest BCUT2D eigenvalue weighted by atomic mass is 14.2. The van der Waals surface area contributed by atoms with Gasteiger partial charge in [0.2, 0.25) is 0 Å². The molecule has 2 rings (SSSR count). The zero-order chi connectivity index (χ0) is 13.7. The van der Waals surface area contributed by atoms with Gasteiger partial charge in [-0.05, 0) is 42.7 Å². The monoisotopic (exact) mass is 348 g/mol. The van der Waals surface area contributed by atoms with E-state index in [0.29, 0.717) is 11.8 Å². The topological polar surface area (TPSA) is 0 Å². The summed E-state index contributed by atoms with van der Waals surface area (Å²) in [5.74, 6) is 1.28. The molecule has 0 aliphatic carbocycles. The quantitative estimate of drug-likeness (QED) is 0.504. The van der Waals surface area contributed by atoms with Gasteiger partial charge in [-0.2, -0.15) is 0 Å². The first-order chi connectivity index (χ1) is 9.20. The number of rotatable bonds is 5. The van der Waals surface area contributed by atoms with Gasteiger partial charge in [0.15, 0.2) is 0 Å². The molecule has 2 atom stereocenters. The normalized spacial score (nSPS) is 10.7. The van der Waals surface area contributed by atoms with E-state index in [0.717, 1.165) is 0 Å². The van der Waals surface area contributed by atoms with Crippen LogP contribution in [0.2, 0.25) is 0 Å². The van der Waals surface area contributed by atoms with E-state index >= 15 is 0 Å². The largest absolute Gasteiger partial charge is 0.0776 e. The second-order valence-electron chi connectivity index (χ2n) is 5.56. The molecular formula is C25H48. The van der Waals surface area contributed by atoms with Gasteiger partial charge in [0.1, 0.15) is 0 Å². The molecule has 0 aliphatic rings. The van der Waals surface area contributed by atoms with E-state index in [1.165, 1.54) is 29.5 Å². The van der Waals surface area contributed by atoms with Gasteiger partial charge >= 0.3 is 0 Å². The van der Waals surface area contributed by atoms with E-state index < -0.39 is 0 Å². The van der Waals surface area contributed by atoms with Crippen molar-refractivity contribution in [3.63, 3.8) is 0 Å². The SMILES string of the molecule is C.C.C.C.C.C.CCC(CC(C)c1ccccc1)c1ccc(C)cc1. The Morgan fingerprint density at radius 3 is 1.60 bits per heavy atom. The van der Waals surface area contributed by atoms with E-state index in [2.05, 4.69) is 75.4 Å². The predicted molar refractivity (Wildman–Crippen MR) is 124 cm³/mol. The minimum Gasteiger partial charge on any atom is -0.0776 e. The summed E-state index contributed by atoms with van der Waals surface area (Å²) >= 11 is 0. The molecule has 0 bridgehead atoms. The number of aryl methyl sites for hydroxylation is 1. The summed E-state index contributed by atoms with van der Waals surface area (Å²) in [5, 5.41) is 0. The Morgan fingerprint density at radius 2 is 1.16 bits per heavy atom. The van der Waals surface area contributed by atoms with Gasteiger partial charge in [-0.3, -0.25) is 0 Å². The lowest BCUT2D eigenvalue weighted by molar-refractivity contribution is 0.544. The van der Waals surface area contributed by atoms with Gasteiger partial charge in [0.05, 0.1) is 0 Å². The van der Waals surface area contributed by atoms with Crippen molar-refractivity contribution in [3.8, 4) is 0 Å². The molecule has 2 aromatic carbocycles. The van der Waals surface area contributed by atoms with Gasteiger partial charge in [0, 0.05) is 0 Å². The molecule has 0 heterocycles. The molecule has 0 nitrogen and oxygen atoms in total. The molecular weight excluding hydrogens is 300 g/mol. The Balaban J connectivity index is -0.000000222. The molecule has 148 valence electrons. The van der Waals surface area contributed by atoms with Crippen LogP contribution < -0.4 is 0 Å². The molecule has 0 heteroatoms. The molecule has 0 N–H and O–H groups in total. The van der Waals surface area contributed by atoms with Gasteiger partial charge in [-0.25, -0.2) is 0 Å². The van der Waals surface area contributed by atoms with Crippen LogP contribution in [0, 0.1) is 6.92 Å². The molecule has 0 spiro atoms. The van der Waals surface area contributed by atoms with Crippen LogP contribution in [0.3, 0.4) is 0 Å². The number of hydrogen-bond acceptors (Lipinski definition) is 0. The molecule has 25 heavy (non-hydrogen) atoms. The van der Waals surface area contributed by atoms with Crippen molar-refractivity contribution in [2.45, 2.75) is 90.0 Å². The molecule has 2 unspecified atom stereocenters. The van der Waals surface area contributed by atoms with E-state index in [1.807, 2.05) is 0 Å². The molecule has 0 amide bonds. The summed E-state index contributed by atoms with van der Waals surface area (Å²) in [7, 11) is 0. The molecule has 0 aliphatic heterocycles. The molecule has 0 saturated carbocycles. The maximum absolute atomic E-state index is 2.34. The fourth-order valence-electron chi connectivity index (χ4n) is 2.72. The van der Waals surface area contributed by atoms with Crippen molar-refractivity contribution < 1.29 is 0 Å². The van der Waals surface area contributed by atoms with Gasteiger partial charge < -0.3 is 0 Å². The third-order valence-electron chi connectivity index (χ3n) is 4.05. The molecule has 0 radical (unpaired) electrons. The fraction of sp³-hybridized carbons (Fsp3) is 0.520. The summed E-state index contributed by atoms with van der Waals surface area (Å²) in [6.07, 6.45) is 2.43. The minimum atomic E-state index is 0. The van der Waals surface area contributed by atoms with Crippen LogP contribution >= 0.6 is 0 Å². The number of benzene rings is 2. The average molecular weight is 349 g/mol. The van der Waals surface area contributed by atoms with Crippen molar-refractivity contribution in [2.75, 3.05) is 0 Å². The van der Waals surface area contributed by atoms with Crippen LogP contribution in [-0.4, -0.2) is 0 Å². The highest BCUT2D eigenvalue weighted by Gasteiger charge is 2.14. The van der Waals surface area contributed by atoms with E-state index in [4.69, 9.17) is 0 Å². The highest BCUT2D eigenvalue weighted by Crippen LogP contribution is 2.31.